The van der Waals surface area contributed by atoms with Crippen molar-refractivity contribution in [3.8, 4) is 22.8 Å². The minimum atomic E-state index is -0.872. The Labute approximate surface area is 275 Å². The van der Waals surface area contributed by atoms with Crippen LogP contribution in [0.3, 0.4) is 0 Å². The van der Waals surface area contributed by atoms with Crippen molar-refractivity contribution in [3.05, 3.63) is 119 Å². The lowest BCUT2D eigenvalue weighted by Crippen LogP contribution is -2.32. The first-order chi connectivity index (χ1) is 23.1. The van der Waals surface area contributed by atoms with E-state index in [1.54, 1.807) is 35.4 Å². The van der Waals surface area contributed by atoms with Gasteiger partial charge in [0.05, 0.1) is 30.1 Å². The predicted octanol–water partition coefficient (Wildman–Crippen LogP) is 7.69. The fraction of sp³-hybridized carbons (Fsp3) is 0.270. The molecule has 1 aliphatic heterocycles. The summed E-state index contributed by atoms with van der Waals surface area (Å²) in [6.45, 7) is 4.82. The van der Waals surface area contributed by atoms with Crippen LogP contribution in [0.1, 0.15) is 55.0 Å². The van der Waals surface area contributed by atoms with Crippen molar-refractivity contribution in [2.75, 3.05) is 6.61 Å². The highest BCUT2D eigenvalue weighted by atomic mass is 19.1. The molecule has 0 saturated carbocycles. The van der Waals surface area contributed by atoms with Gasteiger partial charge in [-0.3, -0.25) is 14.2 Å². The molecule has 0 fully saturated rings. The summed E-state index contributed by atoms with van der Waals surface area (Å²) in [7, 11) is 0. The van der Waals surface area contributed by atoms with Gasteiger partial charge in [-0.25, -0.2) is 8.78 Å². The third-order valence-corrected chi connectivity index (χ3v) is 8.72. The summed E-state index contributed by atoms with van der Waals surface area (Å²) < 4.78 is 47.8. The number of halogens is 2. The molecule has 6 aromatic rings. The number of carboxylic acids is 1. The lowest BCUT2D eigenvalue weighted by Gasteiger charge is -2.28. The van der Waals surface area contributed by atoms with Crippen molar-refractivity contribution in [2.45, 2.75) is 57.7 Å². The number of fused-ring (bicyclic) bond motifs is 9. The maximum atomic E-state index is 15.8. The van der Waals surface area contributed by atoms with Gasteiger partial charge in [-0.05, 0) is 73.7 Å². The SMILES string of the molecule is CC1(C)Cn2cc(cn2)Cc2c(c(F)cc3[nH]ccc23)Oc2ccc(F)c(c2)-c2ccnn2C(c2cccc(CCC(=O)O)c2)CCO1. The number of benzene rings is 3. The molecular weight excluding hydrogens is 616 g/mol. The molecular formula is C37H35F2N5O4. The molecule has 4 heterocycles. The van der Waals surface area contributed by atoms with Crippen LogP contribution in [0.2, 0.25) is 0 Å². The first-order valence-corrected chi connectivity index (χ1v) is 15.9. The van der Waals surface area contributed by atoms with E-state index in [-0.39, 0.29) is 29.5 Å². The second-order valence-corrected chi connectivity index (χ2v) is 12.8. The van der Waals surface area contributed by atoms with Gasteiger partial charge in [0.25, 0.3) is 0 Å². The van der Waals surface area contributed by atoms with Crippen LogP contribution in [0.4, 0.5) is 8.78 Å². The Bertz CT molecular complexity index is 2110. The summed E-state index contributed by atoms with van der Waals surface area (Å²) >= 11 is 0. The van der Waals surface area contributed by atoms with E-state index in [1.807, 2.05) is 55.1 Å². The van der Waals surface area contributed by atoms with Gasteiger partial charge in [-0.1, -0.05) is 24.3 Å². The molecule has 48 heavy (non-hydrogen) atoms. The third kappa shape index (κ3) is 6.46. The minimum Gasteiger partial charge on any atom is -0.481 e. The van der Waals surface area contributed by atoms with Crippen molar-refractivity contribution in [1.29, 1.82) is 0 Å². The van der Waals surface area contributed by atoms with Crippen LogP contribution in [-0.4, -0.2) is 47.8 Å². The van der Waals surface area contributed by atoms with Gasteiger partial charge in [0, 0.05) is 66.1 Å². The number of ether oxygens (including phenoxy) is 2. The molecule has 1 atom stereocenters. The number of nitrogens with zero attached hydrogens (tertiary/aromatic N) is 4. The molecule has 0 spiro atoms. The second kappa shape index (κ2) is 12.7. The fourth-order valence-corrected chi connectivity index (χ4v) is 6.48. The second-order valence-electron chi connectivity index (χ2n) is 12.8. The molecule has 0 amide bonds. The molecule has 1 aliphatic rings. The number of carboxylic acid groups (broad SMARTS) is 1. The Balaban J connectivity index is 1.36. The van der Waals surface area contributed by atoms with Crippen LogP contribution in [0.5, 0.6) is 11.5 Å². The minimum absolute atomic E-state index is 0.00488. The quantitative estimate of drug-likeness (QED) is 0.202. The van der Waals surface area contributed by atoms with Gasteiger partial charge in [0.1, 0.15) is 11.6 Å². The highest BCUT2D eigenvalue weighted by Gasteiger charge is 2.26. The average molecular weight is 652 g/mol. The Morgan fingerprint density at radius 3 is 2.81 bits per heavy atom. The molecule has 2 N–H and O–H groups in total. The summed E-state index contributed by atoms with van der Waals surface area (Å²) in [4.78, 5) is 14.4. The van der Waals surface area contributed by atoms with Crippen LogP contribution in [0.25, 0.3) is 22.2 Å². The Kier molecular flexibility index (Phi) is 8.30. The summed E-state index contributed by atoms with van der Waals surface area (Å²) in [5, 5.41) is 19.3. The number of rotatable bonds is 4. The zero-order valence-electron chi connectivity index (χ0n) is 26.6. The number of nitrogens with one attached hydrogen (secondary N) is 1. The van der Waals surface area contributed by atoms with E-state index in [0.29, 0.717) is 49.2 Å². The number of aryl methyl sites for hydroxylation is 1. The topological polar surface area (TPSA) is 107 Å². The standard InChI is InChI=1S/C37H35F2N5O4/c1-37(2)22-43-21-24(20-42-43)17-28-27-10-13-40-32(27)19-31(39)36(28)48-26-7-8-30(38)29(18-26)34-11-14-41-44(34)33(12-15-47-37)25-5-3-4-23(16-25)6-9-35(45)46/h3-5,7-8,10-11,13-14,16,18-21,33,40H,6,9,12,15,17,22H2,1-2H3,(H,45,46). The number of H-pyrrole nitrogens is 1. The smallest absolute Gasteiger partial charge is 0.303 e. The molecule has 1 unspecified atom stereocenters. The summed E-state index contributed by atoms with van der Waals surface area (Å²) in [5.41, 5.74) is 4.05. The van der Waals surface area contributed by atoms with E-state index in [4.69, 9.17) is 9.47 Å². The monoisotopic (exact) mass is 651 g/mol. The molecule has 11 heteroatoms. The van der Waals surface area contributed by atoms with Gasteiger partial charge >= 0.3 is 5.97 Å². The molecule has 3 aromatic carbocycles. The number of hydrogen-bond acceptors (Lipinski definition) is 5. The third-order valence-electron chi connectivity index (χ3n) is 8.72. The molecule has 246 valence electrons. The van der Waals surface area contributed by atoms with Gasteiger partial charge in [-0.15, -0.1) is 0 Å². The van der Waals surface area contributed by atoms with E-state index < -0.39 is 23.2 Å². The van der Waals surface area contributed by atoms with E-state index in [1.165, 1.54) is 18.2 Å². The average Bonchev–Trinajstić information content (AvgIpc) is 3.82. The zero-order chi connectivity index (χ0) is 33.4. The van der Waals surface area contributed by atoms with Crippen LogP contribution in [0, 0.1) is 11.6 Å². The summed E-state index contributed by atoms with van der Waals surface area (Å²) in [6.07, 6.45) is 8.30. The Morgan fingerprint density at radius 1 is 1.08 bits per heavy atom. The fourth-order valence-electron chi connectivity index (χ4n) is 6.48. The van der Waals surface area contributed by atoms with Crippen LogP contribution in [0.15, 0.2) is 85.5 Å². The Morgan fingerprint density at radius 2 is 1.96 bits per heavy atom. The summed E-state index contributed by atoms with van der Waals surface area (Å²) in [6, 6.07) is 16.7. The van der Waals surface area contributed by atoms with Crippen LogP contribution in [-0.2, 0) is 28.9 Å². The van der Waals surface area contributed by atoms with Crippen molar-refractivity contribution in [1.82, 2.24) is 24.5 Å². The van der Waals surface area contributed by atoms with Gasteiger partial charge in [-0.2, -0.15) is 10.2 Å². The molecule has 7 rings (SSSR count). The zero-order valence-corrected chi connectivity index (χ0v) is 26.6. The maximum Gasteiger partial charge on any atom is 0.303 e. The van der Waals surface area contributed by atoms with Crippen LogP contribution >= 0.6 is 0 Å². The van der Waals surface area contributed by atoms with Crippen molar-refractivity contribution < 1.29 is 28.2 Å². The summed E-state index contributed by atoms with van der Waals surface area (Å²) in [5.74, 6) is -1.58. The van der Waals surface area contributed by atoms with E-state index in [9.17, 15) is 9.90 Å². The highest BCUT2D eigenvalue weighted by molar-refractivity contribution is 5.86. The van der Waals surface area contributed by atoms with Gasteiger partial charge in [0.15, 0.2) is 11.6 Å². The van der Waals surface area contributed by atoms with E-state index in [0.717, 1.165) is 22.1 Å². The largest absolute Gasteiger partial charge is 0.481 e. The van der Waals surface area contributed by atoms with E-state index >= 15 is 8.78 Å². The molecule has 0 saturated heterocycles. The normalized spacial score (nSPS) is 16.4. The molecule has 9 nitrogen and oxygen atoms in total. The maximum absolute atomic E-state index is 15.8. The lowest BCUT2D eigenvalue weighted by molar-refractivity contribution is -0.136. The first-order valence-electron chi connectivity index (χ1n) is 15.9. The van der Waals surface area contributed by atoms with Crippen molar-refractivity contribution in [3.63, 3.8) is 0 Å². The predicted molar refractivity (Wildman–Crippen MR) is 176 cm³/mol. The number of aromatic amines is 1. The van der Waals surface area contributed by atoms with Crippen molar-refractivity contribution in [2.24, 2.45) is 0 Å². The number of carbonyl (C=O) groups is 1. The number of hydrogen-bond donors (Lipinski definition) is 2. The highest BCUT2D eigenvalue weighted by Crippen LogP contribution is 2.38. The molecule has 3 aromatic heterocycles. The van der Waals surface area contributed by atoms with Gasteiger partial charge in [0.2, 0.25) is 0 Å². The lowest BCUT2D eigenvalue weighted by atomic mass is 9.98. The number of aliphatic carboxylic acids is 1. The molecule has 0 aliphatic carbocycles. The number of aromatic nitrogens is 5. The Hall–Kier alpha value is -5.29. The van der Waals surface area contributed by atoms with Crippen LogP contribution < -0.4 is 4.74 Å². The first kappa shape index (κ1) is 31.3. The van der Waals surface area contributed by atoms with Gasteiger partial charge < -0.3 is 19.6 Å². The molecule has 0 radical (unpaired) electrons. The van der Waals surface area contributed by atoms with E-state index in [2.05, 4.69) is 15.2 Å². The van der Waals surface area contributed by atoms with Crippen molar-refractivity contribution >= 4 is 16.9 Å². The molecule has 4 bridgehead atoms.